The molecule has 1 aromatic heterocycles. The molecule has 0 fully saturated rings. The first-order chi connectivity index (χ1) is 12.0. The second-order valence-corrected chi connectivity index (χ2v) is 8.36. The van der Waals surface area contributed by atoms with E-state index >= 15 is 0 Å². The maximum absolute atomic E-state index is 12.2. The molecule has 10 heteroatoms. The minimum Gasteiger partial charge on any atom is -0.465 e. The normalized spacial score (nSPS) is 12.1. The number of sulfonamides is 1. The van der Waals surface area contributed by atoms with E-state index in [4.69, 9.17) is 9.84 Å². The largest absolute Gasteiger partial charge is 0.465 e. The first-order valence-electron chi connectivity index (χ1n) is 7.70. The van der Waals surface area contributed by atoms with E-state index < -0.39 is 34.4 Å². The Kier molecular flexibility index (Phi) is 5.57. The third-order valence-corrected chi connectivity index (χ3v) is 4.27. The molecule has 9 nitrogen and oxygen atoms in total. The highest BCUT2D eigenvalue weighted by molar-refractivity contribution is 7.88. The number of H-pyrrole nitrogens is 1. The van der Waals surface area contributed by atoms with Crippen molar-refractivity contribution in [1.82, 2.24) is 15.0 Å². The summed E-state index contributed by atoms with van der Waals surface area (Å²) in [5, 5.41) is 12.1. The fourth-order valence-electron chi connectivity index (χ4n) is 2.62. The number of hydrogen-bond acceptors (Lipinski definition) is 5. The van der Waals surface area contributed by atoms with Crippen molar-refractivity contribution in [3.05, 3.63) is 35.5 Å². The van der Waals surface area contributed by atoms with E-state index in [0.29, 0.717) is 11.9 Å². The van der Waals surface area contributed by atoms with Crippen LogP contribution in [0, 0.1) is 0 Å². The van der Waals surface area contributed by atoms with Gasteiger partial charge < -0.3 is 20.1 Å². The smallest absolute Gasteiger partial charge is 0.405 e. The number of amides is 1. The van der Waals surface area contributed by atoms with Crippen molar-refractivity contribution in [2.75, 3.05) is 13.0 Å². The van der Waals surface area contributed by atoms with Crippen LogP contribution < -0.4 is 10.0 Å². The van der Waals surface area contributed by atoms with Gasteiger partial charge in [0.05, 0.1) is 17.3 Å². The van der Waals surface area contributed by atoms with Crippen LogP contribution in [0.25, 0.3) is 10.9 Å². The molecule has 4 N–H and O–H groups in total. The van der Waals surface area contributed by atoms with Crippen LogP contribution in [0.2, 0.25) is 0 Å². The number of carbonyl (C=O) groups excluding carboxylic acids is 1. The van der Waals surface area contributed by atoms with Crippen LogP contribution in [0.5, 0.6) is 0 Å². The molecule has 1 aromatic carbocycles. The van der Waals surface area contributed by atoms with Gasteiger partial charge in [0.1, 0.15) is 0 Å². The lowest BCUT2D eigenvalue weighted by Gasteiger charge is -2.24. The van der Waals surface area contributed by atoms with Gasteiger partial charge in [-0.15, -0.1) is 0 Å². The van der Waals surface area contributed by atoms with Crippen LogP contribution in [0.15, 0.2) is 24.4 Å². The first-order valence-corrected chi connectivity index (χ1v) is 9.59. The van der Waals surface area contributed by atoms with Crippen LogP contribution >= 0.6 is 0 Å². The average Bonchev–Trinajstić information content (AvgIpc) is 2.86. The number of aromatic nitrogens is 1. The molecule has 1 amide bonds. The topological polar surface area (TPSA) is 138 Å². The van der Waals surface area contributed by atoms with Crippen molar-refractivity contribution in [1.29, 1.82) is 0 Å². The summed E-state index contributed by atoms with van der Waals surface area (Å²) in [5.74, 6) is -0.678. The molecule has 26 heavy (non-hydrogen) atoms. The number of carbonyl (C=O) groups is 2. The summed E-state index contributed by atoms with van der Waals surface area (Å²) in [7, 11) is -3.46. The predicted molar refractivity (Wildman–Crippen MR) is 95.5 cm³/mol. The molecule has 0 radical (unpaired) electrons. The van der Waals surface area contributed by atoms with Gasteiger partial charge in [-0.05, 0) is 31.9 Å². The number of ether oxygens (including phenoxy) is 1. The third kappa shape index (κ3) is 5.20. The lowest BCUT2D eigenvalue weighted by atomic mass is 9.94. The van der Waals surface area contributed by atoms with Gasteiger partial charge in [-0.3, -0.25) is 0 Å². The van der Waals surface area contributed by atoms with Crippen LogP contribution in [-0.2, 0) is 21.2 Å². The van der Waals surface area contributed by atoms with E-state index in [-0.39, 0.29) is 5.56 Å². The van der Waals surface area contributed by atoms with Crippen molar-refractivity contribution in [3.8, 4) is 0 Å². The number of hydrogen-bond donors (Lipinski definition) is 4. The summed E-state index contributed by atoms with van der Waals surface area (Å²) in [6.45, 7) is 3.06. The highest BCUT2D eigenvalue weighted by Gasteiger charge is 2.23. The quantitative estimate of drug-likeness (QED) is 0.421. The molecule has 0 aliphatic heterocycles. The van der Waals surface area contributed by atoms with E-state index in [0.717, 1.165) is 17.2 Å². The van der Waals surface area contributed by atoms with Crippen molar-refractivity contribution >= 4 is 33.0 Å². The van der Waals surface area contributed by atoms with E-state index in [1.165, 1.54) is 0 Å². The maximum atomic E-state index is 12.2. The zero-order valence-electron chi connectivity index (χ0n) is 14.6. The Balaban J connectivity index is 2.22. The average molecular weight is 383 g/mol. The molecule has 0 aliphatic rings. The Labute approximate surface area is 150 Å². The minimum atomic E-state index is -3.46. The molecule has 0 saturated carbocycles. The Morgan fingerprint density at radius 3 is 2.62 bits per heavy atom. The number of fused-ring (bicyclic) bond motifs is 1. The number of esters is 1. The Hall–Kier alpha value is -2.59. The lowest BCUT2D eigenvalue weighted by molar-refractivity contribution is 0.0501. The molecular formula is C16H21N3O6S. The molecule has 2 rings (SSSR count). The maximum Gasteiger partial charge on any atom is 0.405 e. The Morgan fingerprint density at radius 2 is 2.00 bits per heavy atom. The molecule has 0 atom stereocenters. The minimum absolute atomic E-state index is 0.257. The number of rotatable bonds is 7. The number of aromatic amines is 1. The Bertz CT molecular complexity index is 933. The summed E-state index contributed by atoms with van der Waals surface area (Å²) in [4.78, 5) is 26.1. The standard InChI is InChI=1S/C16H21N3O6S/c1-16(2,19-15(21)22)7-10-8-17-13-11(10)5-4-6-12(13)14(20)25-9-18-26(3,23)24/h4-6,8,17-19H,7,9H2,1-3H3,(H,21,22). The van der Waals surface area contributed by atoms with E-state index in [2.05, 4.69) is 15.0 Å². The molecule has 1 heterocycles. The van der Waals surface area contributed by atoms with Gasteiger partial charge in [0.2, 0.25) is 10.0 Å². The summed E-state index contributed by atoms with van der Waals surface area (Å²) in [6, 6.07) is 5.05. The zero-order chi connectivity index (χ0) is 19.5. The molecule has 0 spiro atoms. The fraction of sp³-hybridized carbons (Fsp3) is 0.375. The number of benzene rings is 1. The van der Waals surface area contributed by atoms with Crippen molar-refractivity contribution in [2.45, 2.75) is 25.8 Å². The van der Waals surface area contributed by atoms with Gasteiger partial charge in [-0.1, -0.05) is 12.1 Å². The van der Waals surface area contributed by atoms with Gasteiger partial charge in [-0.2, -0.15) is 4.72 Å². The van der Waals surface area contributed by atoms with Crippen LogP contribution in [0.1, 0.15) is 29.8 Å². The van der Waals surface area contributed by atoms with Crippen LogP contribution in [-0.4, -0.2) is 49.1 Å². The summed E-state index contributed by atoms with van der Waals surface area (Å²) < 4.78 is 29.1. The second kappa shape index (κ2) is 7.34. The summed E-state index contributed by atoms with van der Waals surface area (Å²) in [5.41, 5.74) is 0.936. The molecular weight excluding hydrogens is 362 g/mol. The van der Waals surface area contributed by atoms with Gasteiger partial charge in [0.15, 0.2) is 6.73 Å². The monoisotopic (exact) mass is 383 g/mol. The van der Waals surface area contributed by atoms with Gasteiger partial charge in [0.25, 0.3) is 0 Å². The summed E-state index contributed by atoms with van der Waals surface area (Å²) in [6.07, 6.45) is 1.97. The predicted octanol–water partition coefficient (Wildman–Crippen LogP) is 1.42. The highest BCUT2D eigenvalue weighted by atomic mass is 32.2. The van der Waals surface area contributed by atoms with Crippen LogP contribution in [0.3, 0.4) is 0 Å². The molecule has 0 bridgehead atoms. The van der Waals surface area contributed by atoms with Gasteiger partial charge >= 0.3 is 12.1 Å². The molecule has 2 aromatic rings. The number of carboxylic acid groups (broad SMARTS) is 1. The molecule has 0 saturated heterocycles. The van der Waals surface area contributed by atoms with Crippen molar-refractivity contribution in [3.63, 3.8) is 0 Å². The highest BCUT2D eigenvalue weighted by Crippen LogP contribution is 2.25. The SMILES string of the molecule is CC(C)(Cc1c[nH]c2c(C(=O)OCNS(C)(=O)=O)cccc12)NC(=O)O. The first kappa shape index (κ1) is 19.7. The zero-order valence-corrected chi connectivity index (χ0v) is 15.4. The fourth-order valence-corrected chi connectivity index (χ4v) is 2.89. The van der Waals surface area contributed by atoms with Crippen molar-refractivity contribution < 1.29 is 27.9 Å². The molecule has 142 valence electrons. The van der Waals surface area contributed by atoms with Gasteiger partial charge in [-0.25, -0.2) is 18.0 Å². The van der Waals surface area contributed by atoms with Crippen LogP contribution in [0.4, 0.5) is 4.79 Å². The van der Waals surface area contributed by atoms with Gasteiger partial charge in [0, 0.05) is 17.1 Å². The second-order valence-electron chi connectivity index (χ2n) is 6.53. The number of para-hydroxylation sites is 1. The van der Waals surface area contributed by atoms with E-state index in [1.807, 2.05) is 6.07 Å². The Morgan fingerprint density at radius 1 is 1.31 bits per heavy atom. The molecule has 0 aliphatic carbocycles. The van der Waals surface area contributed by atoms with E-state index in [9.17, 15) is 18.0 Å². The number of nitrogens with one attached hydrogen (secondary N) is 3. The third-order valence-electron chi connectivity index (χ3n) is 3.62. The van der Waals surface area contributed by atoms with E-state index in [1.54, 1.807) is 32.2 Å². The molecule has 0 unspecified atom stereocenters. The summed E-state index contributed by atoms with van der Waals surface area (Å²) >= 11 is 0. The van der Waals surface area contributed by atoms with Crippen molar-refractivity contribution in [2.24, 2.45) is 0 Å². The lowest BCUT2D eigenvalue weighted by Crippen LogP contribution is -2.44.